The van der Waals surface area contributed by atoms with Gasteiger partial charge < -0.3 is 19.6 Å². The number of carbonyl (C=O) groups excluding carboxylic acids is 2. The first-order valence-electron chi connectivity index (χ1n) is 12.2. The Bertz CT molecular complexity index is 1060. The average molecular weight is 497 g/mol. The number of nitrogens with one attached hydrogen (secondary N) is 1. The molecule has 0 unspecified atom stereocenters. The number of hydrogen-bond donors (Lipinski definition) is 3. The SMILES string of the molecule is CC[C@@]1(C(=O)N2CCN(c3ccccc3)CC2)[C@@H](C(=O)NO)C[C@H](Oc2ccccc2)CN1C(=O)O. The van der Waals surface area contributed by atoms with Crippen LogP contribution in [-0.4, -0.2) is 82.4 Å². The minimum absolute atomic E-state index is 0.0766. The van der Waals surface area contributed by atoms with E-state index in [2.05, 4.69) is 4.90 Å². The van der Waals surface area contributed by atoms with Crippen LogP contribution in [0, 0.1) is 5.92 Å². The first-order chi connectivity index (χ1) is 17.4. The summed E-state index contributed by atoms with van der Waals surface area (Å²) in [5.41, 5.74) is 1.05. The maximum absolute atomic E-state index is 14.1. The molecule has 0 saturated carbocycles. The van der Waals surface area contributed by atoms with E-state index in [4.69, 9.17) is 4.74 Å². The zero-order valence-electron chi connectivity index (χ0n) is 20.2. The van der Waals surface area contributed by atoms with Gasteiger partial charge in [-0.05, 0) is 30.7 Å². The Kier molecular flexibility index (Phi) is 7.64. The molecule has 2 aliphatic heterocycles. The number of amides is 3. The molecule has 2 fully saturated rings. The van der Waals surface area contributed by atoms with Crippen LogP contribution in [0.2, 0.25) is 0 Å². The Morgan fingerprint density at radius 3 is 2.17 bits per heavy atom. The summed E-state index contributed by atoms with van der Waals surface area (Å²) in [4.78, 5) is 44.3. The van der Waals surface area contributed by atoms with E-state index in [-0.39, 0.29) is 19.4 Å². The topological polar surface area (TPSA) is 123 Å². The molecular weight excluding hydrogens is 464 g/mol. The van der Waals surface area contributed by atoms with E-state index in [1.165, 1.54) is 0 Å². The van der Waals surface area contributed by atoms with Gasteiger partial charge in [0.05, 0.1) is 12.5 Å². The van der Waals surface area contributed by atoms with Crippen LogP contribution >= 0.6 is 0 Å². The summed E-state index contributed by atoms with van der Waals surface area (Å²) in [6.07, 6.45) is -1.83. The van der Waals surface area contributed by atoms with Crippen molar-refractivity contribution in [2.75, 3.05) is 37.6 Å². The van der Waals surface area contributed by atoms with Gasteiger partial charge in [0.25, 0.3) is 0 Å². The quantitative estimate of drug-likeness (QED) is 0.415. The number of benzene rings is 2. The van der Waals surface area contributed by atoms with Crippen LogP contribution in [0.3, 0.4) is 0 Å². The first-order valence-corrected chi connectivity index (χ1v) is 12.2. The number of hydroxylamine groups is 1. The predicted octanol–water partition coefficient (Wildman–Crippen LogP) is 2.44. The van der Waals surface area contributed by atoms with Crippen molar-refractivity contribution in [2.24, 2.45) is 5.92 Å². The van der Waals surface area contributed by atoms with Crippen LogP contribution in [0.4, 0.5) is 10.5 Å². The number of nitrogens with zero attached hydrogens (tertiary/aromatic N) is 3. The number of rotatable bonds is 6. The largest absolute Gasteiger partial charge is 0.489 e. The highest BCUT2D eigenvalue weighted by Crippen LogP contribution is 2.40. The fraction of sp³-hybridized carbons (Fsp3) is 0.423. The van der Waals surface area contributed by atoms with Gasteiger partial charge in [0, 0.05) is 38.3 Å². The molecule has 2 aromatic carbocycles. The van der Waals surface area contributed by atoms with Crippen molar-refractivity contribution >= 4 is 23.6 Å². The van der Waals surface area contributed by atoms with E-state index in [0.29, 0.717) is 31.9 Å². The number of para-hydroxylation sites is 2. The number of piperazine rings is 1. The summed E-state index contributed by atoms with van der Waals surface area (Å²) in [7, 11) is 0. The molecule has 3 amide bonds. The summed E-state index contributed by atoms with van der Waals surface area (Å²) in [6.45, 7) is 3.56. The molecule has 10 heteroatoms. The van der Waals surface area contributed by atoms with Crippen molar-refractivity contribution in [3.05, 3.63) is 60.7 Å². The lowest BCUT2D eigenvalue weighted by molar-refractivity contribution is -0.163. The molecule has 0 aliphatic carbocycles. The molecule has 192 valence electrons. The van der Waals surface area contributed by atoms with Gasteiger partial charge in [0.1, 0.15) is 17.4 Å². The minimum atomic E-state index is -1.66. The molecule has 3 atom stereocenters. The molecule has 10 nitrogen and oxygen atoms in total. The maximum Gasteiger partial charge on any atom is 0.408 e. The van der Waals surface area contributed by atoms with Crippen LogP contribution in [-0.2, 0) is 9.59 Å². The standard InChI is InChI=1S/C26H32N4O6/c1-2-26(24(32)29-15-13-28(14-16-29)19-9-5-3-6-10-19)22(23(31)27-35)17-21(18-30(26)25(33)34)36-20-11-7-4-8-12-20/h3-12,21-22,35H,2,13-18H2,1H3,(H,27,31)(H,33,34)/t21-,22+,26-/m0/s1. The van der Waals surface area contributed by atoms with Gasteiger partial charge in [-0.25, -0.2) is 10.3 Å². The minimum Gasteiger partial charge on any atom is -0.489 e. The van der Waals surface area contributed by atoms with Gasteiger partial charge >= 0.3 is 6.09 Å². The maximum atomic E-state index is 14.1. The molecule has 2 aromatic rings. The molecule has 0 aromatic heterocycles. The normalized spacial score (nSPS) is 24.2. The second-order valence-corrected chi connectivity index (χ2v) is 9.10. The Morgan fingerprint density at radius 2 is 1.61 bits per heavy atom. The third-order valence-electron chi connectivity index (χ3n) is 7.24. The van der Waals surface area contributed by atoms with Crippen LogP contribution in [0.25, 0.3) is 0 Å². The summed E-state index contributed by atoms with van der Waals surface area (Å²) in [6, 6.07) is 18.8. The van der Waals surface area contributed by atoms with Crippen molar-refractivity contribution in [3.63, 3.8) is 0 Å². The van der Waals surface area contributed by atoms with E-state index < -0.39 is 35.5 Å². The molecule has 0 bridgehead atoms. The third-order valence-corrected chi connectivity index (χ3v) is 7.24. The summed E-state index contributed by atoms with van der Waals surface area (Å²) in [5, 5.41) is 19.7. The lowest BCUT2D eigenvalue weighted by Gasteiger charge is -2.52. The van der Waals surface area contributed by atoms with Crippen molar-refractivity contribution in [3.8, 4) is 5.75 Å². The molecule has 4 rings (SSSR count). The van der Waals surface area contributed by atoms with E-state index >= 15 is 0 Å². The van der Waals surface area contributed by atoms with E-state index in [0.717, 1.165) is 10.6 Å². The molecule has 36 heavy (non-hydrogen) atoms. The van der Waals surface area contributed by atoms with E-state index in [9.17, 15) is 24.7 Å². The highest BCUT2D eigenvalue weighted by molar-refractivity contribution is 5.96. The Balaban J connectivity index is 1.60. The van der Waals surface area contributed by atoms with Crippen molar-refractivity contribution < 1.29 is 29.4 Å². The predicted molar refractivity (Wildman–Crippen MR) is 132 cm³/mol. The van der Waals surface area contributed by atoms with Crippen molar-refractivity contribution in [1.82, 2.24) is 15.3 Å². The van der Waals surface area contributed by atoms with Crippen LogP contribution in [0.15, 0.2) is 60.7 Å². The number of piperidine rings is 1. The first kappa shape index (κ1) is 25.3. The van der Waals surface area contributed by atoms with Gasteiger partial charge in [0.2, 0.25) is 11.8 Å². The number of likely N-dealkylation sites (tertiary alicyclic amines) is 1. The van der Waals surface area contributed by atoms with E-state index in [1.807, 2.05) is 36.4 Å². The highest BCUT2D eigenvalue weighted by Gasteiger charge is 2.59. The van der Waals surface area contributed by atoms with Gasteiger partial charge in [-0.3, -0.25) is 19.7 Å². The Labute approximate surface area is 210 Å². The number of anilines is 1. The van der Waals surface area contributed by atoms with Crippen molar-refractivity contribution in [1.29, 1.82) is 0 Å². The van der Waals surface area contributed by atoms with E-state index in [1.54, 1.807) is 41.6 Å². The molecule has 0 spiro atoms. The lowest BCUT2D eigenvalue weighted by Crippen LogP contribution is -2.72. The summed E-state index contributed by atoms with van der Waals surface area (Å²) >= 11 is 0. The fourth-order valence-corrected chi connectivity index (χ4v) is 5.45. The second-order valence-electron chi connectivity index (χ2n) is 9.10. The second kappa shape index (κ2) is 10.9. The van der Waals surface area contributed by atoms with Gasteiger partial charge in [-0.2, -0.15) is 0 Å². The molecule has 2 saturated heterocycles. The molecule has 0 radical (unpaired) electrons. The Morgan fingerprint density at radius 1 is 1.00 bits per heavy atom. The number of hydrogen-bond acceptors (Lipinski definition) is 6. The highest BCUT2D eigenvalue weighted by atomic mass is 16.5. The Hall–Kier alpha value is -3.79. The zero-order chi connectivity index (χ0) is 25.7. The average Bonchev–Trinajstić information content (AvgIpc) is 2.93. The van der Waals surface area contributed by atoms with Gasteiger partial charge in [-0.1, -0.05) is 43.3 Å². The number of ether oxygens (including phenoxy) is 1. The number of carboxylic acid groups (broad SMARTS) is 1. The molecule has 2 heterocycles. The van der Waals surface area contributed by atoms with Gasteiger partial charge in [0.15, 0.2) is 0 Å². The molecular formula is C26H32N4O6. The smallest absolute Gasteiger partial charge is 0.408 e. The lowest BCUT2D eigenvalue weighted by atomic mass is 9.72. The zero-order valence-corrected chi connectivity index (χ0v) is 20.2. The molecule has 2 aliphatic rings. The van der Waals surface area contributed by atoms with Gasteiger partial charge in [-0.15, -0.1) is 0 Å². The summed E-state index contributed by atoms with van der Waals surface area (Å²) < 4.78 is 5.99. The monoisotopic (exact) mass is 496 g/mol. The number of carbonyl (C=O) groups is 3. The van der Waals surface area contributed by atoms with Crippen molar-refractivity contribution in [2.45, 2.75) is 31.4 Å². The van der Waals surface area contributed by atoms with Crippen LogP contribution in [0.5, 0.6) is 5.75 Å². The summed E-state index contributed by atoms with van der Waals surface area (Å²) in [5.74, 6) is -1.83. The molecule has 3 N–H and O–H groups in total. The van der Waals surface area contributed by atoms with Crippen LogP contribution in [0.1, 0.15) is 19.8 Å². The fourth-order valence-electron chi connectivity index (χ4n) is 5.45. The third kappa shape index (κ3) is 4.81. The van der Waals surface area contributed by atoms with Crippen LogP contribution < -0.4 is 15.1 Å².